The molecule has 0 unspecified atom stereocenters. The lowest BCUT2D eigenvalue weighted by Crippen LogP contribution is -2.02. The van der Waals surface area contributed by atoms with Crippen LogP contribution in [0, 0.1) is 0 Å². The summed E-state index contributed by atoms with van der Waals surface area (Å²) in [6.07, 6.45) is 6.57. The summed E-state index contributed by atoms with van der Waals surface area (Å²) in [5.74, 6) is -0.892. The largest absolute Gasteiger partial charge is 0.478 e. The summed E-state index contributed by atoms with van der Waals surface area (Å²) in [5.41, 5.74) is 4.28. The summed E-state index contributed by atoms with van der Waals surface area (Å²) in [4.78, 5) is 12.9. The molecule has 0 aromatic heterocycles. The highest BCUT2D eigenvalue weighted by Crippen LogP contribution is 2.33. The predicted molar refractivity (Wildman–Crippen MR) is 92.0 cm³/mol. The highest BCUT2D eigenvalue weighted by molar-refractivity contribution is 7.98. The molecule has 0 aliphatic heterocycles. The van der Waals surface area contributed by atoms with E-state index in [1.165, 1.54) is 10.5 Å². The Hall–Kier alpha value is -2.26. The smallest absolute Gasteiger partial charge is 0.336 e. The summed E-state index contributed by atoms with van der Waals surface area (Å²) >= 11 is 1.67. The van der Waals surface area contributed by atoms with Crippen molar-refractivity contribution < 1.29 is 9.90 Å². The first kappa shape index (κ1) is 14.7. The number of carboxylic acid groups (broad SMARTS) is 1. The van der Waals surface area contributed by atoms with Gasteiger partial charge in [-0.2, -0.15) is 0 Å². The number of aliphatic carboxylic acids is 1. The molecule has 3 heteroatoms. The summed E-state index contributed by atoms with van der Waals surface area (Å²) in [5, 5.41) is 9.61. The van der Waals surface area contributed by atoms with Gasteiger partial charge in [-0.05, 0) is 53.1 Å². The molecule has 0 amide bonds. The molecule has 22 heavy (non-hydrogen) atoms. The summed E-state index contributed by atoms with van der Waals surface area (Å²) < 4.78 is 0. The van der Waals surface area contributed by atoms with Gasteiger partial charge in [0.1, 0.15) is 0 Å². The molecule has 0 bridgehead atoms. The topological polar surface area (TPSA) is 37.3 Å². The number of thioether (sulfide) groups is 1. The molecule has 0 radical (unpaired) electrons. The number of fused-ring (bicyclic) bond motifs is 1. The first-order chi connectivity index (χ1) is 10.7. The molecule has 2 aromatic rings. The lowest BCUT2D eigenvalue weighted by molar-refractivity contribution is -0.132. The normalized spacial score (nSPS) is 13.7. The lowest BCUT2D eigenvalue weighted by atomic mass is 9.97. The van der Waals surface area contributed by atoms with Gasteiger partial charge in [0, 0.05) is 4.90 Å². The van der Waals surface area contributed by atoms with E-state index in [0.717, 1.165) is 23.1 Å². The van der Waals surface area contributed by atoms with Crippen LogP contribution in [-0.4, -0.2) is 17.3 Å². The minimum atomic E-state index is -0.892. The molecule has 110 valence electrons. The molecule has 0 spiro atoms. The van der Waals surface area contributed by atoms with Crippen LogP contribution in [0.1, 0.15) is 16.7 Å². The van der Waals surface area contributed by atoms with Crippen molar-refractivity contribution in [2.75, 3.05) is 6.26 Å². The van der Waals surface area contributed by atoms with Gasteiger partial charge in [0.2, 0.25) is 0 Å². The van der Waals surface area contributed by atoms with Crippen LogP contribution in [0.3, 0.4) is 0 Å². The van der Waals surface area contributed by atoms with Gasteiger partial charge in [-0.25, -0.2) is 4.79 Å². The molecule has 0 fully saturated rings. The molecule has 1 aliphatic rings. The van der Waals surface area contributed by atoms with E-state index in [-0.39, 0.29) is 0 Å². The molecule has 2 aromatic carbocycles. The van der Waals surface area contributed by atoms with Gasteiger partial charge in [0.25, 0.3) is 0 Å². The monoisotopic (exact) mass is 308 g/mol. The molecule has 2 nitrogen and oxygen atoms in total. The third-order valence-corrected chi connectivity index (χ3v) is 4.52. The molecule has 0 atom stereocenters. The van der Waals surface area contributed by atoms with Gasteiger partial charge in [0.15, 0.2) is 0 Å². The number of rotatable bonds is 4. The molecule has 3 rings (SSSR count). The number of carbonyl (C=O) groups is 1. The zero-order valence-corrected chi connectivity index (χ0v) is 13.1. The number of allylic oxidation sites excluding steroid dienone is 1. The van der Waals surface area contributed by atoms with Crippen LogP contribution < -0.4 is 0 Å². The Morgan fingerprint density at radius 2 is 1.86 bits per heavy atom. The SMILES string of the molecule is CSc1ccc(C=C(C(=O)O)C2=CCc3ccccc32)cc1. The highest BCUT2D eigenvalue weighted by atomic mass is 32.2. The van der Waals surface area contributed by atoms with Crippen molar-refractivity contribution in [3.8, 4) is 0 Å². The molecule has 0 saturated heterocycles. The van der Waals surface area contributed by atoms with E-state index in [1.54, 1.807) is 17.8 Å². The van der Waals surface area contributed by atoms with Crippen LogP contribution in [0.25, 0.3) is 11.6 Å². The second-order valence-electron chi connectivity index (χ2n) is 5.12. The van der Waals surface area contributed by atoms with Gasteiger partial charge in [-0.1, -0.05) is 42.5 Å². The molecule has 0 heterocycles. The fourth-order valence-corrected chi connectivity index (χ4v) is 3.07. The van der Waals surface area contributed by atoms with E-state index in [4.69, 9.17) is 0 Å². The lowest BCUT2D eigenvalue weighted by Gasteiger charge is -2.07. The van der Waals surface area contributed by atoms with Crippen LogP contribution in [0.4, 0.5) is 0 Å². The van der Waals surface area contributed by atoms with Crippen LogP contribution >= 0.6 is 11.8 Å². The Kier molecular flexibility index (Phi) is 4.16. The summed E-state index contributed by atoms with van der Waals surface area (Å²) in [7, 11) is 0. The zero-order valence-electron chi connectivity index (χ0n) is 12.2. The van der Waals surface area contributed by atoms with E-state index in [9.17, 15) is 9.90 Å². The van der Waals surface area contributed by atoms with Crippen molar-refractivity contribution in [2.24, 2.45) is 0 Å². The van der Waals surface area contributed by atoms with Crippen molar-refractivity contribution in [3.05, 3.63) is 76.9 Å². The van der Waals surface area contributed by atoms with Crippen LogP contribution in [0.15, 0.2) is 65.1 Å². The average Bonchev–Trinajstić information content (AvgIpc) is 2.96. The standard InChI is InChI=1S/C19H16O2S/c1-22-15-9-6-13(7-10-15)12-18(19(20)21)17-11-8-14-4-2-3-5-16(14)17/h2-7,9-12H,8H2,1H3,(H,20,21). The van der Waals surface area contributed by atoms with Gasteiger partial charge < -0.3 is 5.11 Å². The van der Waals surface area contributed by atoms with E-state index in [1.807, 2.05) is 60.9 Å². The minimum absolute atomic E-state index is 0.349. The second kappa shape index (κ2) is 6.24. The minimum Gasteiger partial charge on any atom is -0.478 e. The van der Waals surface area contributed by atoms with Crippen LogP contribution in [0.5, 0.6) is 0 Å². The van der Waals surface area contributed by atoms with Crippen LogP contribution in [0.2, 0.25) is 0 Å². The Balaban J connectivity index is 2.00. The van der Waals surface area contributed by atoms with E-state index in [0.29, 0.717) is 5.57 Å². The van der Waals surface area contributed by atoms with Crippen molar-refractivity contribution >= 4 is 29.4 Å². The zero-order chi connectivity index (χ0) is 15.5. The number of benzene rings is 2. The fourth-order valence-electron chi connectivity index (χ4n) is 2.66. The van der Waals surface area contributed by atoms with E-state index in [2.05, 4.69) is 0 Å². The van der Waals surface area contributed by atoms with E-state index < -0.39 is 5.97 Å². The van der Waals surface area contributed by atoms with Crippen molar-refractivity contribution in [1.82, 2.24) is 0 Å². The Morgan fingerprint density at radius 3 is 2.55 bits per heavy atom. The maximum absolute atomic E-state index is 11.7. The first-order valence-electron chi connectivity index (χ1n) is 7.07. The Bertz CT molecular complexity index is 770. The first-order valence-corrected chi connectivity index (χ1v) is 8.29. The number of carboxylic acids is 1. The second-order valence-corrected chi connectivity index (χ2v) is 6.00. The maximum Gasteiger partial charge on any atom is 0.336 e. The predicted octanol–water partition coefficient (Wildman–Crippen LogP) is 4.52. The van der Waals surface area contributed by atoms with Crippen molar-refractivity contribution in [1.29, 1.82) is 0 Å². The fraction of sp³-hybridized carbons (Fsp3) is 0.105. The van der Waals surface area contributed by atoms with Crippen LogP contribution in [-0.2, 0) is 11.2 Å². The quantitative estimate of drug-likeness (QED) is 0.666. The molecule has 1 N–H and O–H groups in total. The highest BCUT2D eigenvalue weighted by Gasteiger charge is 2.21. The Morgan fingerprint density at radius 1 is 1.14 bits per heavy atom. The Labute approximate surface area is 134 Å². The molecular weight excluding hydrogens is 292 g/mol. The van der Waals surface area contributed by atoms with Gasteiger partial charge in [0.05, 0.1) is 5.57 Å². The van der Waals surface area contributed by atoms with Crippen molar-refractivity contribution in [3.63, 3.8) is 0 Å². The average molecular weight is 308 g/mol. The van der Waals surface area contributed by atoms with Gasteiger partial charge in [-0.3, -0.25) is 0 Å². The number of hydrogen-bond donors (Lipinski definition) is 1. The van der Waals surface area contributed by atoms with Gasteiger partial charge in [-0.15, -0.1) is 11.8 Å². The van der Waals surface area contributed by atoms with E-state index >= 15 is 0 Å². The van der Waals surface area contributed by atoms with Crippen molar-refractivity contribution in [2.45, 2.75) is 11.3 Å². The van der Waals surface area contributed by atoms with Gasteiger partial charge >= 0.3 is 5.97 Å². The number of hydrogen-bond acceptors (Lipinski definition) is 2. The third kappa shape index (κ3) is 2.85. The maximum atomic E-state index is 11.7. The molecule has 1 aliphatic carbocycles. The summed E-state index contributed by atoms with van der Waals surface area (Å²) in [6, 6.07) is 15.9. The molecular formula is C19H16O2S. The summed E-state index contributed by atoms with van der Waals surface area (Å²) in [6.45, 7) is 0. The third-order valence-electron chi connectivity index (χ3n) is 3.78. The molecule has 0 saturated carbocycles.